The first-order valence-electron chi connectivity index (χ1n) is 10.4. The number of hydrogen-bond donors (Lipinski definition) is 4. The van der Waals surface area contributed by atoms with E-state index in [-0.39, 0.29) is 12.1 Å². The number of nitriles is 1. The van der Waals surface area contributed by atoms with Gasteiger partial charge in [-0.2, -0.15) is 10.2 Å². The largest absolute Gasteiger partial charge is 0.393 e. The van der Waals surface area contributed by atoms with Gasteiger partial charge in [0.25, 0.3) is 0 Å². The van der Waals surface area contributed by atoms with E-state index in [9.17, 15) is 19.1 Å². The van der Waals surface area contributed by atoms with Crippen molar-refractivity contribution in [2.45, 2.75) is 51.2 Å². The summed E-state index contributed by atoms with van der Waals surface area (Å²) in [6.45, 7) is 2.28. The molecule has 0 atom stereocenters. The molecule has 1 aliphatic carbocycles. The van der Waals surface area contributed by atoms with Crippen LogP contribution in [0, 0.1) is 29.9 Å². The fraction of sp³-hybridized carbons (Fsp3) is 0.409. The van der Waals surface area contributed by atoms with Gasteiger partial charge in [-0.05, 0) is 50.7 Å². The summed E-state index contributed by atoms with van der Waals surface area (Å²) in [5.74, 6) is -0.390. The number of aromatic amines is 1. The molecule has 0 unspecified atom stereocenters. The van der Waals surface area contributed by atoms with E-state index in [2.05, 4.69) is 31.7 Å². The summed E-state index contributed by atoms with van der Waals surface area (Å²) < 4.78 is 27.7. The van der Waals surface area contributed by atoms with Crippen LogP contribution < -0.4 is 10.6 Å². The van der Waals surface area contributed by atoms with Crippen LogP contribution >= 0.6 is 0 Å². The average Bonchev–Trinajstić information content (AvgIpc) is 3.06. The zero-order chi connectivity index (χ0) is 22.0. The second-order valence-corrected chi connectivity index (χ2v) is 7.93. The molecule has 0 saturated heterocycles. The van der Waals surface area contributed by atoms with Crippen LogP contribution in [0.15, 0.2) is 18.3 Å². The Kier molecular flexibility index (Phi) is 6.00. The Morgan fingerprint density at radius 2 is 2.03 bits per heavy atom. The third-order valence-corrected chi connectivity index (χ3v) is 5.75. The van der Waals surface area contributed by atoms with E-state index in [0.29, 0.717) is 41.2 Å². The van der Waals surface area contributed by atoms with E-state index in [1.165, 1.54) is 12.3 Å². The third-order valence-electron chi connectivity index (χ3n) is 5.75. The molecule has 0 radical (unpaired) electrons. The van der Waals surface area contributed by atoms with Gasteiger partial charge in [0.2, 0.25) is 5.95 Å². The fourth-order valence-corrected chi connectivity index (χ4v) is 4.10. The second kappa shape index (κ2) is 8.86. The highest BCUT2D eigenvalue weighted by Crippen LogP contribution is 2.26. The molecule has 1 aromatic carbocycles. The average molecular weight is 426 g/mol. The molecule has 2 aromatic heterocycles. The van der Waals surface area contributed by atoms with Gasteiger partial charge in [-0.15, -0.1) is 0 Å². The van der Waals surface area contributed by atoms with Crippen molar-refractivity contribution in [2.24, 2.45) is 0 Å². The van der Waals surface area contributed by atoms with Gasteiger partial charge in [0.05, 0.1) is 17.8 Å². The normalized spacial score (nSPS) is 18.7. The Morgan fingerprint density at radius 1 is 1.26 bits per heavy atom. The molecule has 1 saturated carbocycles. The number of nitrogens with one attached hydrogen (secondary N) is 3. The first kappa shape index (κ1) is 21.0. The molecular formula is C22H24F2N6O. The molecule has 0 spiro atoms. The van der Waals surface area contributed by atoms with Gasteiger partial charge in [-0.1, -0.05) is 0 Å². The highest BCUT2D eigenvalue weighted by atomic mass is 19.1. The van der Waals surface area contributed by atoms with Crippen molar-refractivity contribution < 1.29 is 13.9 Å². The first-order chi connectivity index (χ1) is 14.9. The SMILES string of the molecule is Cc1[nH]c2c(F)cc(F)cc2c1CCNc1ncc(C#N)c(N[C@H]2CC[C@@H](O)CC2)n1. The number of benzene rings is 1. The minimum Gasteiger partial charge on any atom is -0.393 e. The Balaban J connectivity index is 1.45. The lowest BCUT2D eigenvalue weighted by molar-refractivity contribution is 0.126. The summed E-state index contributed by atoms with van der Waals surface area (Å²) in [5.41, 5.74) is 2.26. The van der Waals surface area contributed by atoms with Gasteiger partial charge in [0.15, 0.2) is 0 Å². The molecule has 31 heavy (non-hydrogen) atoms. The van der Waals surface area contributed by atoms with Crippen LogP contribution in [0.5, 0.6) is 0 Å². The number of aromatic nitrogens is 3. The number of hydrogen-bond acceptors (Lipinski definition) is 6. The maximum absolute atomic E-state index is 14.0. The number of aliphatic hydroxyl groups excluding tert-OH is 1. The molecule has 2 heterocycles. The number of aliphatic hydroxyl groups is 1. The summed E-state index contributed by atoms with van der Waals surface area (Å²) in [6.07, 6.45) is 4.80. The summed E-state index contributed by atoms with van der Waals surface area (Å²) >= 11 is 0. The summed E-state index contributed by atoms with van der Waals surface area (Å²) in [5, 5.41) is 26.0. The van der Waals surface area contributed by atoms with E-state index in [0.717, 1.165) is 43.0 Å². The molecule has 9 heteroatoms. The summed E-state index contributed by atoms with van der Waals surface area (Å²) in [6, 6.07) is 4.45. The van der Waals surface area contributed by atoms with Crippen LogP contribution in [-0.4, -0.2) is 38.7 Å². The van der Waals surface area contributed by atoms with Crippen molar-refractivity contribution in [2.75, 3.05) is 17.2 Å². The zero-order valence-electron chi connectivity index (χ0n) is 17.2. The summed E-state index contributed by atoms with van der Waals surface area (Å²) in [4.78, 5) is 11.6. The third kappa shape index (κ3) is 4.59. The van der Waals surface area contributed by atoms with Gasteiger partial charge in [0, 0.05) is 29.7 Å². The van der Waals surface area contributed by atoms with Gasteiger partial charge in [-0.25, -0.2) is 13.8 Å². The quantitative estimate of drug-likeness (QED) is 0.478. The molecule has 1 fully saturated rings. The fourth-order valence-electron chi connectivity index (χ4n) is 4.10. The monoisotopic (exact) mass is 426 g/mol. The highest BCUT2D eigenvalue weighted by molar-refractivity contribution is 5.85. The first-order valence-corrected chi connectivity index (χ1v) is 10.4. The Hall–Kier alpha value is -3.25. The minimum atomic E-state index is -0.612. The van der Waals surface area contributed by atoms with E-state index in [1.807, 2.05) is 6.92 Å². The predicted molar refractivity (Wildman–Crippen MR) is 114 cm³/mol. The van der Waals surface area contributed by atoms with Crippen LogP contribution in [0.4, 0.5) is 20.5 Å². The van der Waals surface area contributed by atoms with Crippen LogP contribution in [0.3, 0.4) is 0 Å². The van der Waals surface area contributed by atoms with Crippen molar-refractivity contribution in [3.63, 3.8) is 0 Å². The van der Waals surface area contributed by atoms with Crippen molar-refractivity contribution in [1.82, 2.24) is 15.0 Å². The van der Waals surface area contributed by atoms with E-state index in [1.54, 1.807) is 0 Å². The Labute approximate surface area is 178 Å². The van der Waals surface area contributed by atoms with Crippen LogP contribution in [-0.2, 0) is 6.42 Å². The van der Waals surface area contributed by atoms with Gasteiger partial charge in [-0.3, -0.25) is 0 Å². The number of halogens is 2. The number of aryl methyl sites for hydroxylation is 1. The molecule has 7 nitrogen and oxygen atoms in total. The number of nitrogens with zero attached hydrogens (tertiary/aromatic N) is 3. The van der Waals surface area contributed by atoms with Crippen molar-refractivity contribution in [1.29, 1.82) is 5.26 Å². The molecule has 162 valence electrons. The van der Waals surface area contributed by atoms with Gasteiger partial charge >= 0.3 is 0 Å². The maximum Gasteiger partial charge on any atom is 0.224 e. The summed E-state index contributed by atoms with van der Waals surface area (Å²) in [7, 11) is 0. The topological polar surface area (TPSA) is 110 Å². The zero-order valence-corrected chi connectivity index (χ0v) is 17.2. The smallest absolute Gasteiger partial charge is 0.224 e. The Bertz CT molecular complexity index is 1130. The number of rotatable bonds is 6. The van der Waals surface area contributed by atoms with Gasteiger partial charge in [0.1, 0.15) is 29.1 Å². The molecule has 0 amide bonds. The standard InChI is InChI=1S/C22H24F2N6O/c1-12-17(18-8-14(23)9-19(24)20(18)28-12)6-7-26-22-27-11-13(10-25)21(30-22)29-15-2-4-16(31)5-3-15/h8-9,11,15-16,28,31H,2-7H2,1H3,(H2,26,27,29,30)/t15-,16+. The van der Waals surface area contributed by atoms with Crippen molar-refractivity contribution >= 4 is 22.7 Å². The highest BCUT2D eigenvalue weighted by Gasteiger charge is 2.21. The van der Waals surface area contributed by atoms with Crippen LogP contribution in [0.1, 0.15) is 42.5 Å². The molecular weight excluding hydrogens is 402 g/mol. The van der Waals surface area contributed by atoms with E-state index >= 15 is 0 Å². The lowest BCUT2D eigenvalue weighted by Gasteiger charge is -2.26. The lowest BCUT2D eigenvalue weighted by Crippen LogP contribution is -2.29. The molecule has 0 aliphatic heterocycles. The molecule has 4 rings (SSSR count). The van der Waals surface area contributed by atoms with Crippen LogP contribution in [0.2, 0.25) is 0 Å². The Morgan fingerprint density at radius 3 is 2.77 bits per heavy atom. The maximum atomic E-state index is 14.0. The number of anilines is 2. The van der Waals surface area contributed by atoms with Crippen molar-refractivity contribution in [3.05, 3.63) is 46.8 Å². The number of fused-ring (bicyclic) bond motifs is 1. The molecule has 0 bridgehead atoms. The molecule has 4 N–H and O–H groups in total. The minimum absolute atomic E-state index is 0.150. The predicted octanol–water partition coefficient (Wildman–Crippen LogP) is 3.79. The van der Waals surface area contributed by atoms with Gasteiger partial charge < -0.3 is 20.7 Å². The van der Waals surface area contributed by atoms with E-state index in [4.69, 9.17) is 0 Å². The molecule has 1 aliphatic rings. The number of H-pyrrole nitrogens is 1. The van der Waals surface area contributed by atoms with Crippen molar-refractivity contribution in [3.8, 4) is 6.07 Å². The second-order valence-electron chi connectivity index (χ2n) is 7.93. The lowest BCUT2D eigenvalue weighted by atomic mass is 9.93. The van der Waals surface area contributed by atoms with Crippen LogP contribution in [0.25, 0.3) is 10.9 Å². The van der Waals surface area contributed by atoms with E-state index < -0.39 is 11.6 Å². The molecule has 3 aromatic rings.